The largest absolute Gasteiger partial charge is 0.478 e. The molecule has 1 aliphatic rings. The number of rotatable bonds is 7. The van der Waals surface area contributed by atoms with Gasteiger partial charge in [0.25, 0.3) is 0 Å². The van der Waals surface area contributed by atoms with Gasteiger partial charge in [-0.1, -0.05) is 6.07 Å². The lowest BCUT2D eigenvalue weighted by Crippen LogP contribution is -2.33. The average molecular weight is 452 g/mol. The van der Waals surface area contributed by atoms with Crippen LogP contribution < -0.4 is 10.4 Å². The lowest BCUT2D eigenvalue weighted by molar-refractivity contribution is -0.0989. The van der Waals surface area contributed by atoms with Gasteiger partial charge in [-0.05, 0) is 44.3 Å². The molecular weight excluding hydrogens is 425 g/mol. The SMILES string of the molecule is CN(C)CCCOc1ccc(-c2ccc3ncc4c(c3c2)n(C2CCO2)c(=O)n4C)c(F)n1. The molecule has 0 aliphatic carbocycles. The number of hydrogen-bond acceptors (Lipinski definition) is 6. The van der Waals surface area contributed by atoms with Crippen molar-refractivity contribution in [3.8, 4) is 17.0 Å². The summed E-state index contributed by atoms with van der Waals surface area (Å²) in [5, 5.41) is 0.765. The summed E-state index contributed by atoms with van der Waals surface area (Å²) >= 11 is 0. The molecule has 1 aliphatic heterocycles. The minimum absolute atomic E-state index is 0.155. The molecule has 33 heavy (non-hydrogen) atoms. The first-order valence-corrected chi connectivity index (χ1v) is 11.0. The molecule has 0 saturated carbocycles. The Bertz CT molecular complexity index is 1390. The van der Waals surface area contributed by atoms with Crippen molar-refractivity contribution < 1.29 is 13.9 Å². The second-order valence-corrected chi connectivity index (χ2v) is 8.54. The summed E-state index contributed by atoms with van der Waals surface area (Å²) in [4.78, 5) is 23.5. The fourth-order valence-corrected chi connectivity index (χ4v) is 4.16. The fourth-order valence-electron chi connectivity index (χ4n) is 4.16. The molecule has 0 N–H and O–H groups in total. The Morgan fingerprint density at radius 1 is 1.27 bits per heavy atom. The van der Waals surface area contributed by atoms with Crippen molar-refractivity contribution in [3.05, 3.63) is 53.0 Å². The maximum atomic E-state index is 14.9. The molecule has 0 bridgehead atoms. The van der Waals surface area contributed by atoms with E-state index in [4.69, 9.17) is 9.47 Å². The van der Waals surface area contributed by atoms with E-state index in [2.05, 4.69) is 14.9 Å². The number of hydrogen-bond donors (Lipinski definition) is 0. The van der Waals surface area contributed by atoms with Crippen molar-refractivity contribution in [2.75, 3.05) is 33.9 Å². The van der Waals surface area contributed by atoms with Crippen molar-refractivity contribution in [3.63, 3.8) is 0 Å². The highest BCUT2D eigenvalue weighted by atomic mass is 19.1. The van der Waals surface area contributed by atoms with Crippen LogP contribution in [0.1, 0.15) is 19.1 Å². The molecule has 9 heteroatoms. The van der Waals surface area contributed by atoms with Crippen LogP contribution in [0.15, 0.2) is 41.3 Å². The van der Waals surface area contributed by atoms with Crippen LogP contribution in [-0.2, 0) is 11.8 Å². The van der Waals surface area contributed by atoms with E-state index in [9.17, 15) is 9.18 Å². The number of ether oxygens (including phenoxy) is 2. The van der Waals surface area contributed by atoms with Gasteiger partial charge in [0, 0.05) is 37.0 Å². The van der Waals surface area contributed by atoms with Gasteiger partial charge in [0.2, 0.25) is 11.8 Å². The van der Waals surface area contributed by atoms with Crippen LogP contribution in [-0.4, -0.2) is 57.9 Å². The zero-order chi connectivity index (χ0) is 23.1. The minimum Gasteiger partial charge on any atom is -0.478 e. The van der Waals surface area contributed by atoms with E-state index in [-0.39, 0.29) is 17.8 Å². The van der Waals surface area contributed by atoms with E-state index in [0.717, 1.165) is 35.8 Å². The van der Waals surface area contributed by atoms with E-state index in [0.29, 0.717) is 29.9 Å². The monoisotopic (exact) mass is 451 g/mol. The number of aromatic nitrogens is 4. The molecule has 0 radical (unpaired) electrons. The number of nitrogens with zero attached hydrogens (tertiary/aromatic N) is 5. The molecule has 0 spiro atoms. The second-order valence-electron chi connectivity index (χ2n) is 8.54. The van der Waals surface area contributed by atoms with Crippen LogP contribution in [0.3, 0.4) is 0 Å². The molecule has 5 rings (SSSR count). The van der Waals surface area contributed by atoms with Crippen molar-refractivity contribution in [2.45, 2.75) is 19.1 Å². The summed E-state index contributed by atoms with van der Waals surface area (Å²) in [5.41, 5.74) is 3.03. The molecular formula is C24H26FN5O3. The highest BCUT2D eigenvalue weighted by Gasteiger charge is 2.27. The number of halogens is 1. The number of benzene rings is 1. The van der Waals surface area contributed by atoms with Gasteiger partial charge in [0.1, 0.15) is 6.23 Å². The third kappa shape index (κ3) is 3.87. The summed E-state index contributed by atoms with van der Waals surface area (Å²) in [5.74, 6) is -0.341. The predicted molar refractivity (Wildman–Crippen MR) is 124 cm³/mol. The van der Waals surface area contributed by atoms with Gasteiger partial charge < -0.3 is 14.4 Å². The van der Waals surface area contributed by atoms with Crippen LogP contribution in [0.4, 0.5) is 4.39 Å². The van der Waals surface area contributed by atoms with Crippen LogP contribution >= 0.6 is 0 Å². The Morgan fingerprint density at radius 2 is 2.09 bits per heavy atom. The Kier molecular flexibility index (Phi) is 5.59. The summed E-state index contributed by atoms with van der Waals surface area (Å²) in [6, 6.07) is 8.85. The average Bonchev–Trinajstić information content (AvgIpc) is 3.01. The molecule has 1 fully saturated rings. The topological polar surface area (TPSA) is 74.4 Å². The summed E-state index contributed by atoms with van der Waals surface area (Å²) in [6.07, 6.45) is 3.00. The van der Waals surface area contributed by atoms with Gasteiger partial charge in [-0.25, -0.2) is 4.79 Å². The van der Waals surface area contributed by atoms with Gasteiger partial charge in [-0.15, -0.1) is 0 Å². The number of imidazole rings is 1. The van der Waals surface area contributed by atoms with Crippen LogP contribution in [0, 0.1) is 5.95 Å². The van der Waals surface area contributed by atoms with Crippen LogP contribution in [0.2, 0.25) is 0 Å². The lowest BCUT2D eigenvalue weighted by atomic mass is 10.0. The smallest absolute Gasteiger partial charge is 0.331 e. The molecule has 3 aromatic heterocycles. The highest BCUT2D eigenvalue weighted by molar-refractivity contribution is 6.04. The predicted octanol–water partition coefficient (Wildman–Crippen LogP) is 3.34. The van der Waals surface area contributed by atoms with Crippen molar-refractivity contribution in [2.24, 2.45) is 7.05 Å². The Morgan fingerprint density at radius 3 is 2.79 bits per heavy atom. The standard InChI is InChI=1S/C24H26FN5O3/c1-28(2)10-4-11-32-20-8-6-16(23(25)27-20)15-5-7-18-17(13-15)22-19(14-26-18)29(3)24(31)30(22)21-9-12-33-21/h5-8,13-14,21H,4,9-12H2,1-3H3. The quantitative estimate of drug-likeness (QED) is 0.317. The van der Waals surface area contributed by atoms with Gasteiger partial charge in [0.05, 0.1) is 36.0 Å². The number of aryl methyl sites for hydroxylation is 1. The van der Waals surface area contributed by atoms with Gasteiger partial charge in [-0.2, -0.15) is 9.37 Å². The number of pyridine rings is 2. The molecule has 1 saturated heterocycles. The third-order valence-corrected chi connectivity index (χ3v) is 6.01. The highest BCUT2D eigenvalue weighted by Crippen LogP contribution is 2.33. The Hall–Kier alpha value is -3.30. The minimum atomic E-state index is -0.604. The molecule has 4 aromatic rings. The zero-order valence-corrected chi connectivity index (χ0v) is 18.9. The summed E-state index contributed by atoms with van der Waals surface area (Å²) < 4.78 is 29.4. The second kappa shape index (κ2) is 8.57. The third-order valence-electron chi connectivity index (χ3n) is 6.01. The Balaban J connectivity index is 1.53. The van der Waals surface area contributed by atoms with Gasteiger partial charge in [0.15, 0.2) is 0 Å². The summed E-state index contributed by atoms with van der Waals surface area (Å²) in [6.45, 7) is 1.98. The van der Waals surface area contributed by atoms with Gasteiger partial charge in [-0.3, -0.25) is 14.1 Å². The van der Waals surface area contributed by atoms with Crippen LogP contribution in [0.5, 0.6) is 5.88 Å². The van der Waals surface area contributed by atoms with E-state index in [1.165, 1.54) is 0 Å². The van der Waals surface area contributed by atoms with Crippen molar-refractivity contribution in [1.82, 2.24) is 24.0 Å². The van der Waals surface area contributed by atoms with Crippen molar-refractivity contribution >= 4 is 21.9 Å². The molecule has 8 nitrogen and oxygen atoms in total. The van der Waals surface area contributed by atoms with Gasteiger partial charge >= 0.3 is 5.69 Å². The molecule has 172 valence electrons. The first kappa shape index (κ1) is 21.5. The van der Waals surface area contributed by atoms with E-state index >= 15 is 0 Å². The number of fused-ring (bicyclic) bond motifs is 3. The molecule has 1 unspecified atom stereocenters. The van der Waals surface area contributed by atoms with E-state index in [1.807, 2.05) is 32.3 Å². The molecule has 0 amide bonds. The normalized spacial score (nSPS) is 16.0. The maximum absolute atomic E-state index is 14.9. The van der Waals surface area contributed by atoms with E-state index < -0.39 is 5.95 Å². The zero-order valence-electron chi connectivity index (χ0n) is 18.9. The lowest BCUT2D eigenvalue weighted by Gasteiger charge is -2.27. The van der Waals surface area contributed by atoms with Crippen LogP contribution in [0.25, 0.3) is 33.1 Å². The molecule has 1 atom stereocenters. The first-order valence-electron chi connectivity index (χ1n) is 11.0. The Labute approximate surface area is 190 Å². The van der Waals surface area contributed by atoms with E-state index in [1.54, 1.807) is 34.5 Å². The maximum Gasteiger partial charge on any atom is 0.331 e. The summed E-state index contributed by atoms with van der Waals surface area (Å²) in [7, 11) is 5.71. The molecule has 1 aromatic carbocycles. The fraction of sp³-hybridized carbons (Fsp3) is 0.375. The van der Waals surface area contributed by atoms with Crippen molar-refractivity contribution in [1.29, 1.82) is 0 Å². The molecule has 4 heterocycles. The first-order chi connectivity index (χ1) is 15.9.